The van der Waals surface area contributed by atoms with Crippen LogP contribution >= 0.6 is 23.2 Å². The van der Waals surface area contributed by atoms with Crippen molar-refractivity contribution in [2.24, 2.45) is 0 Å². The summed E-state index contributed by atoms with van der Waals surface area (Å²) < 4.78 is 0. The maximum atomic E-state index is 12.1. The van der Waals surface area contributed by atoms with Crippen LogP contribution in [0.5, 0.6) is 0 Å². The zero-order chi connectivity index (χ0) is 16.9. The van der Waals surface area contributed by atoms with Gasteiger partial charge in [-0.1, -0.05) is 35.3 Å². The van der Waals surface area contributed by atoms with Gasteiger partial charge < -0.3 is 10.6 Å². The highest BCUT2D eigenvalue weighted by molar-refractivity contribution is 6.31. The normalized spacial score (nSPS) is 10.2. The molecular formula is C17H12Cl2N4O. The van der Waals surface area contributed by atoms with Crippen LogP contribution < -0.4 is 10.6 Å². The Hall–Kier alpha value is -2.63. The van der Waals surface area contributed by atoms with E-state index in [2.05, 4.69) is 20.6 Å². The second-order valence-electron chi connectivity index (χ2n) is 4.89. The molecule has 0 atom stereocenters. The van der Waals surface area contributed by atoms with E-state index in [0.717, 1.165) is 5.69 Å². The number of amides is 1. The Labute approximate surface area is 148 Å². The lowest BCUT2D eigenvalue weighted by Crippen LogP contribution is -2.14. The van der Waals surface area contributed by atoms with Crippen LogP contribution in [0.4, 0.5) is 17.2 Å². The summed E-state index contributed by atoms with van der Waals surface area (Å²) in [4.78, 5) is 20.4. The predicted molar refractivity (Wildman–Crippen MR) is 96.2 cm³/mol. The molecule has 0 bridgehead atoms. The SMILES string of the molecule is O=C(Nc1cccc(Cl)c1)c1cnc(Nc2cccc(Cl)c2)cn1. The molecule has 0 aliphatic carbocycles. The van der Waals surface area contributed by atoms with Gasteiger partial charge in [0.2, 0.25) is 0 Å². The van der Waals surface area contributed by atoms with E-state index >= 15 is 0 Å². The van der Waals surface area contributed by atoms with Crippen LogP contribution in [-0.4, -0.2) is 15.9 Å². The molecule has 0 radical (unpaired) electrons. The summed E-state index contributed by atoms with van der Waals surface area (Å²) >= 11 is 11.8. The third-order valence-corrected chi connectivity index (χ3v) is 3.53. The van der Waals surface area contributed by atoms with Crippen LogP contribution in [-0.2, 0) is 0 Å². The number of benzene rings is 2. The minimum absolute atomic E-state index is 0.201. The highest BCUT2D eigenvalue weighted by atomic mass is 35.5. The van der Waals surface area contributed by atoms with Crippen molar-refractivity contribution in [2.75, 3.05) is 10.6 Å². The fraction of sp³-hybridized carbons (Fsp3) is 0. The quantitative estimate of drug-likeness (QED) is 0.704. The van der Waals surface area contributed by atoms with E-state index in [1.54, 1.807) is 36.4 Å². The number of halogens is 2. The molecule has 1 heterocycles. The first kappa shape index (κ1) is 16.2. The zero-order valence-corrected chi connectivity index (χ0v) is 13.8. The maximum Gasteiger partial charge on any atom is 0.275 e. The number of carbonyl (C=O) groups is 1. The van der Waals surface area contributed by atoms with Crippen LogP contribution in [0.15, 0.2) is 60.9 Å². The number of hydrogen-bond acceptors (Lipinski definition) is 4. The number of anilines is 3. The molecule has 0 saturated carbocycles. The third-order valence-electron chi connectivity index (χ3n) is 3.06. The fourth-order valence-electron chi connectivity index (χ4n) is 1.99. The average molecular weight is 359 g/mol. The standard InChI is InChI=1S/C17H12Cl2N4O/c18-11-3-1-5-13(7-11)22-16-10-20-15(9-21-16)17(24)23-14-6-2-4-12(19)8-14/h1-10H,(H,21,22)(H,23,24). The van der Waals surface area contributed by atoms with Crippen LogP contribution in [0.1, 0.15) is 10.5 Å². The second kappa shape index (κ2) is 7.29. The molecule has 0 unspecified atom stereocenters. The van der Waals surface area contributed by atoms with Crippen molar-refractivity contribution in [1.82, 2.24) is 9.97 Å². The summed E-state index contributed by atoms with van der Waals surface area (Å²) in [5, 5.41) is 6.93. The van der Waals surface area contributed by atoms with Crippen LogP contribution in [0.3, 0.4) is 0 Å². The molecule has 3 rings (SSSR count). The lowest BCUT2D eigenvalue weighted by Gasteiger charge is -2.07. The lowest BCUT2D eigenvalue weighted by atomic mass is 10.3. The van der Waals surface area contributed by atoms with E-state index in [0.29, 0.717) is 21.6 Å². The molecule has 0 aliphatic rings. The highest BCUT2D eigenvalue weighted by Crippen LogP contribution is 2.19. The zero-order valence-electron chi connectivity index (χ0n) is 12.3. The lowest BCUT2D eigenvalue weighted by molar-refractivity contribution is 0.102. The van der Waals surface area contributed by atoms with Gasteiger partial charge in [0.25, 0.3) is 5.91 Å². The number of hydrogen-bond donors (Lipinski definition) is 2. The Balaban J connectivity index is 1.68. The topological polar surface area (TPSA) is 66.9 Å². The number of nitrogens with one attached hydrogen (secondary N) is 2. The van der Waals surface area contributed by atoms with Crippen molar-refractivity contribution >= 4 is 46.3 Å². The van der Waals surface area contributed by atoms with Crippen molar-refractivity contribution in [3.8, 4) is 0 Å². The van der Waals surface area contributed by atoms with Gasteiger partial charge in [0.1, 0.15) is 11.5 Å². The Morgan fingerprint density at radius 1 is 0.875 bits per heavy atom. The monoisotopic (exact) mass is 358 g/mol. The molecule has 120 valence electrons. The molecule has 2 aromatic carbocycles. The highest BCUT2D eigenvalue weighted by Gasteiger charge is 2.09. The van der Waals surface area contributed by atoms with E-state index in [-0.39, 0.29) is 11.6 Å². The fourth-order valence-corrected chi connectivity index (χ4v) is 2.37. The Morgan fingerprint density at radius 2 is 1.54 bits per heavy atom. The van der Waals surface area contributed by atoms with Crippen molar-refractivity contribution in [2.45, 2.75) is 0 Å². The first-order chi connectivity index (χ1) is 11.6. The number of aromatic nitrogens is 2. The molecule has 7 heteroatoms. The Bertz CT molecular complexity index is 868. The smallest absolute Gasteiger partial charge is 0.275 e. The van der Waals surface area contributed by atoms with Gasteiger partial charge in [-0.3, -0.25) is 4.79 Å². The number of carbonyl (C=O) groups excluding carboxylic acids is 1. The minimum Gasteiger partial charge on any atom is -0.339 e. The van der Waals surface area contributed by atoms with E-state index in [9.17, 15) is 4.79 Å². The molecule has 0 fully saturated rings. The summed E-state index contributed by atoms with van der Waals surface area (Å²) in [6.07, 6.45) is 2.88. The predicted octanol–water partition coefficient (Wildman–Crippen LogP) is 4.78. The third kappa shape index (κ3) is 4.22. The Morgan fingerprint density at radius 3 is 2.17 bits per heavy atom. The summed E-state index contributed by atoms with van der Waals surface area (Å²) in [5.41, 5.74) is 1.58. The summed E-state index contributed by atoms with van der Waals surface area (Å²) in [6.45, 7) is 0. The Kier molecular flexibility index (Phi) is 4.93. The van der Waals surface area contributed by atoms with E-state index in [4.69, 9.17) is 23.2 Å². The molecule has 5 nitrogen and oxygen atoms in total. The van der Waals surface area contributed by atoms with E-state index in [1.807, 2.05) is 12.1 Å². The van der Waals surface area contributed by atoms with Crippen molar-refractivity contribution in [3.63, 3.8) is 0 Å². The summed E-state index contributed by atoms with van der Waals surface area (Å²) in [5.74, 6) is 0.149. The molecule has 0 aliphatic heterocycles. The molecule has 1 aromatic heterocycles. The summed E-state index contributed by atoms with van der Waals surface area (Å²) in [6, 6.07) is 14.1. The number of rotatable bonds is 4. The van der Waals surface area contributed by atoms with Gasteiger partial charge in [0, 0.05) is 21.4 Å². The van der Waals surface area contributed by atoms with Gasteiger partial charge in [-0.25, -0.2) is 9.97 Å². The molecular weight excluding hydrogens is 347 g/mol. The van der Waals surface area contributed by atoms with Gasteiger partial charge in [-0.05, 0) is 36.4 Å². The van der Waals surface area contributed by atoms with Gasteiger partial charge in [-0.15, -0.1) is 0 Å². The molecule has 1 amide bonds. The van der Waals surface area contributed by atoms with E-state index < -0.39 is 0 Å². The van der Waals surface area contributed by atoms with Gasteiger partial charge in [0.15, 0.2) is 0 Å². The first-order valence-corrected chi connectivity index (χ1v) is 7.77. The largest absolute Gasteiger partial charge is 0.339 e. The van der Waals surface area contributed by atoms with Crippen LogP contribution in [0, 0.1) is 0 Å². The van der Waals surface area contributed by atoms with Gasteiger partial charge in [0.05, 0.1) is 12.4 Å². The van der Waals surface area contributed by atoms with Crippen molar-refractivity contribution in [3.05, 3.63) is 76.7 Å². The molecule has 3 aromatic rings. The minimum atomic E-state index is -0.362. The maximum absolute atomic E-state index is 12.1. The summed E-state index contributed by atoms with van der Waals surface area (Å²) in [7, 11) is 0. The molecule has 24 heavy (non-hydrogen) atoms. The van der Waals surface area contributed by atoms with Crippen molar-refractivity contribution in [1.29, 1.82) is 0 Å². The van der Waals surface area contributed by atoms with E-state index in [1.165, 1.54) is 12.4 Å². The molecule has 0 spiro atoms. The van der Waals surface area contributed by atoms with Crippen LogP contribution in [0.2, 0.25) is 10.0 Å². The number of nitrogens with zero attached hydrogens (tertiary/aromatic N) is 2. The van der Waals surface area contributed by atoms with Gasteiger partial charge in [-0.2, -0.15) is 0 Å². The van der Waals surface area contributed by atoms with Crippen LogP contribution in [0.25, 0.3) is 0 Å². The molecule has 0 saturated heterocycles. The average Bonchev–Trinajstić information content (AvgIpc) is 2.55. The first-order valence-electron chi connectivity index (χ1n) is 7.02. The van der Waals surface area contributed by atoms with Crippen molar-refractivity contribution < 1.29 is 4.79 Å². The second-order valence-corrected chi connectivity index (χ2v) is 5.76. The van der Waals surface area contributed by atoms with Gasteiger partial charge >= 0.3 is 0 Å². The molecule has 2 N–H and O–H groups in total.